The first kappa shape index (κ1) is 12.3. The molecule has 1 heterocycles. The molecule has 1 aromatic rings. The number of aliphatic hydroxyl groups is 1. The number of hydrogen-bond acceptors (Lipinski definition) is 4. The first-order chi connectivity index (χ1) is 8.13. The van der Waals surface area contributed by atoms with Crippen molar-refractivity contribution in [2.75, 3.05) is 13.2 Å². The molecule has 0 aliphatic heterocycles. The van der Waals surface area contributed by atoms with Gasteiger partial charge in [-0.25, -0.2) is 9.78 Å². The van der Waals surface area contributed by atoms with E-state index in [0.717, 1.165) is 22.7 Å². The van der Waals surface area contributed by atoms with Gasteiger partial charge in [0.15, 0.2) is 0 Å². The van der Waals surface area contributed by atoms with Crippen LogP contribution in [0.4, 0.5) is 4.79 Å². The van der Waals surface area contributed by atoms with Gasteiger partial charge in [0.25, 0.3) is 0 Å². The molecule has 0 atom stereocenters. The van der Waals surface area contributed by atoms with Crippen molar-refractivity contribution < 1.29 is 9.90 Å². The second-order valence-corrected chi connectivity index (χ2v) is 5.86. The molecule has 1 aliphatic carbocycles. The van der Waals surface area contributed by atoms with E-state index in [-0.39, 0.29) is 18.1 Å². The van der Waals surface area contributed by atoms with Gasteiger partial charge in [0.1, 0.15) is 0 Å². The number of aliphatic hydroxyl groups excluding tert-OH is 1. The van der Waals surface area contributed by atoms with Gasteiger partial charge in [0.05, 0.1) is 18.2 Å². The molecule has 94 valence electrons. The maximum atomic E-state index is 11.5. The molecule has 1 fully saturated rings. The van der Waals surface area contributed by atoms with Gasteiger partial charge < -0.3 is 15.7 Å². The van der Waals surface area contributed by atoms with Crippen molar-refractivity contribution in [1.82, 2.24) is 15.6 Å². The number of aromatic nitrogens is 1. The maximum absolute atomic E-state index is 11.5. The zero-order valence-corrected chi connectivity index (χ0v) is 10.6. The lowest BCUT2D eigenvalue weighted by molar-refractivity contribution is 0.203. The average molecular weight is 255 g/mol. The fourth-order valence-electron chi connectivity index (χ4n) is 1.55. The largest absolute Gasteiger partial charge is 0.396 e. The molecular weight excluding hydrogens is 238 g/mol. The van der Waals surface area contributed by atoms with Gasteiger partial charge in [-0.3, -0.25) is 0 Å². The van der Waals surface area contributed by atoms with E-state index in [4.69, 9.17) is 5.11 Å². The highest BCUT2D eigenvalue weighted by Gasteiger charge is 2.42. The van der Waals surface area contributed by atoms with Gasteiger partial charge in [0, 0.05) is 23.0 Å². The van der Waals surface area contributed by atoms with Gasteiger partial charge in [0.2, 0.25) is 0 Å². The molecule has 0 radical (unpaired) electrons. The molecular formula is C11H17N3O2S. The summed E-state index contributed by atoms with van der Waals surface area (Å²) in [5.74, 6) is 0. The summed E-state index contributed by atoms with van der Waals surface area (Å²) in [5.41, 5.74) is -0.0432. The van der Waals surface area contributed by atoms with Crippen molar-refractivity contribution in [3.05, 3.63) is 16.1 Å². The zero-order chi connectivity index (χ0) is 12.3. The molecule has 1 aliphatic rings. The first-order valence-electron chi connectivity index (χ1n) is 5.67. The second kappa shape index (κ2) is 5.01. The Morgan fingerprint density at radius 3 is 2.88 bits per heavy atom. The van der Waals surface area contributed by atoms with Gasteiger partial charge in [-0.15, -0.1) is 11.3 Å². The summed E-state index contributed by atoms with van der Waals surface area (Å²) in [5, 5.41) is 15.7. The fourth-order valence-corrected chi connectivity index (χ4v) is 2.29. The molecule has 6 heteroatoms. The van der Waals surface area contributed by atoms with E-state index >= 15 is 0 Å². The molecule has 2 rings (SSSR count). The third-order valence-corrected chi connectivity index (χ3v) is 3.92. The molecule has 17 heavy (non-hydrogen) atoms. The number of hydrogen-bond donors (Lipinski definition) is 3. The number of amides is 2. The van der Waals surface area contributed by atoms with E-state index < -0.39 is 0 Å². The minimum Gasteiger partial charge on any atom is -0.396 e. The van der Waals surface area contributed by atoms with Crippen molar-refractivity contribution in [2.24, 2.45) is 5.41 Å². The quantitative estimate of drug-likeness (QED) is 0.735. The van der Waals surface area contributed by atoms with Crippen LogP contribution < -0.4 is 10.6 Å². The van der Waals surface area contributed by atoms with Crippen LogP contribution >= 0.6 is 11.3 Å². The Morgan fingerprint density at radius 1 is 1.59 bits per heavy atom. The van der Waals surface area contributed by atoms with Gasteiger partial charge in [-0.05, 0) is 19.8 Å². The summed E-state index contributed by atoms with van der Waals surface area (Å²) < 4.78 is 0. The van der Waals surface area contributed by atoms with Crippen LogP contribution in [0.1, 0.15) is 22.7 Å². The number of thiazole rings is 1. The summed E-state index contributed by atoms with van der Waals surface area (Å²) in [4.78, 5) is 16.7. The third-order valence-electron chi connectivity index (χ3n) is 3.01. The monoisotopic (exact) mass is 255 g/mol. The highest BCUT2D eigenvalue weighted by molar-refractivity contribution is 7.11. The SMILES string of the molecule is Cc1ncc(CNC(=O)NCC2(CO)CC2)s1. The van der Waals surface area contributed by atoms with E-state index in [0.29, 0.717) is 13.1 Å². The lowest BCUT2D eigenvalue weighted by Crippen LogP contribution is -2.39. The second-order valence-electron chi connectivity index (χ2n) is 4.54. The van der Waals surface area contributed by atoms with Crippen LogP contribution in [-0.2, 0) is 6.54 Å². The Kier molecular flexibility index (Phi) is 3.63. The summed E-state index contributed by atoms with van der Waals surface area (Å²) in [6.07, 6.45) is 3.77. The zero-order valence-electron chi connectivity index (χ0n) is 9.82. The highest BCUT2D eigenvalue weighted by atomic mass is 32.1. The summed E-state index contributed by atoms with van der Waals surface area (Å²) in [7, 11) is 0. The van der Waals surface area contributed by atoms with E-state index in [1.807, 2.05) is 6.92 Å². The Morgan fingerprint density at radius 2 is 2.35 bits per heavy atom. The van der Waals surface area contributed by atoms with Gasteiger partial charge >= 0.3 is 6.03 Å². The summed E-state index contributed by atoms with van der Waals surface area (Å²) in [6, 6.07) is -0.184. The predicted molar refractivity (Wildman–Crippen MR) is 65.8 cm³/mol. The van der Waals surface area contributed by atoms with E-state index in [1.165, 1.54) is 0 Å². The van der Waals surface area contributed by atoms with E-state index in [9.17, 15) is 4.79 Å². The Hall–Kier alpha value is -1.14. The number of urea groups is 1. The van der Waals surface area contributed by atoms with Gasteiger partial charge in [-0.1, -0.05) is 0 Å². The van der Waals surface area contributed by atoms with Crippen LogP contribution in [0.3, 0.4) is 0 Å². The van der Waals surface area contributed by atoms with Crippen molar-refractivity contribution in [1.29, 1.82) is 0 Å². The Labute approximate surface area is 104 Å². The highest BCUT2D eigenvalue weighted by Crippen LogP contribution is 2.44. The molecule has 1 aromatic heterocycles. The van der Waals surface area contributed by atoms with Crippen molar-refractivity contribution in [3.8, 4) is 0 Å². The molecule has 5 nitrogen and oxygen atoms in total. The van der Waals surface area contributed by atoms with Crippen LogP contribution in [0.15, 0.2) is 6.20 Å². The van der Waals surface area contributed by atoms with Crippen molar-refractivity contribution >= 4 is 17.4 Å². The van der Waals surface area contributed by atoms with Crippen molar-refractivity contribution in [3.63, 3.8) is 0 Å². The summed E-state index contributed by atoms with van der Waals surface area (Å²) >= 11 is 1.58. The van der Waals surface area contributed by atoms with E-state index in [2.05, 4.69) is 15.6 Å². The van der Waals surface area contributed by atoms with Gasteiger partial charge in [-0.2, -0.15) is 0 Å². The molecule has 0 saturated heterocycles. The Bertz CT molecular complexity index is 401. The lowest BCUT2D eigenvalue weighted by atomic mass is 10.1. The first-order valence-corrected chi connectivity index (χ1v) is 6.49. The molecule has 1 saturated carbocycles. The van der Waals surface area contributed by atoms with Crippen molar-refractivity contribution in [2.45, 2.75) is 26.3 Å². The minimum atomic E-state index is -0.184. The molecule has 0 aromatic carbocycles. The Balaban J connectivity index is 1.67. The molecule has 3 N–H and O–H groups in total. The smallest absolute Gasteiger partial charge is 0.315 e. The van der Waals surface area contributed by atoms with Crippen LogP contribution in [0.25, 0.3) is 0 Å². The topological polar surface area (TPSA) is 74.2 Å². The standard InChI is InChI=1S/C11H17N3O2S/c1-8-12-4-9(17-8)5-13-10(16)14-6-11(7-15)2-3-11/h4,15H,2-3,5-7H2,1H3,(H2,13,14,16). The van der Waals surface area contributed by atoms with Crippen LogP contribution in [0, 0.1) is 12.3 Å². The van der Waals surface area contributed by atoms with Crippen LogP contribution in [-0.4, -0.2) is 29.3 Å². The molecule has 0 spiro atoms. The number of aryl methyl sites for hydroxylation is 1. The fraction of sp³-hybridized carbons (Fsp3) is 0.636. The minimum absolute atomic E-state index is 0.0432. The number of nitrogens with zero attached hydrogens (tertiary/aromatic N) is 1. The number of carbonyl (C=O) groups is 1. The van der Waals surface area contributed by atoms with Crippen LogP contribution in [0.5, 0.6) is 0 Å². The van der Waals surface area contributed by atoms with Crippen LogP contribution in [0.2, 0.25) is 0 Å². The maximum Gasteiger partial charge on any atom is 0.315 e. The third kappa shape index (κ3) is 3.41. The number of nitrogens with one attached hydrogen (secondary N) is 2. The predicted octanol–water partition coefficient (Wildman–Crippen LogP) is 1.02. The molecule has 0 bridgehead atoms. The summed E-state index contributed by atoms with van der Waals surface area (Å²) in [6.45, 7) is 3.15. The lowest BCUT2D eigenvalue weighted by Gasteiger charge is -2.12. The number of rotatable bonds is 5. The molecule has 0 unspecified atom stereocenters. The average Bonchev–Trinajstić information content (AvgIpc) is 3.00. The van der Waals surface area contributed by atoms with E-state index in [1.54, 1.807) is 17.5 Å². The molecule has 2 amide bonds. The number of carbonyl (C=O) groups excluding carboxylic acids is 1. The normalized spacial score (nSPS) is 16.6.